The predicted molar refractivity (Wildman–Crippen MR) is 161 cm³/mol. The van der Waals surface area contributed by atoms with E-state index >= 15 is 0 Å². The summed E-state index contributed by atoms with van der Waals surface area (Å²) in [5.41, 5.74) is 3.09. The second-order valence-electron chi connectivity index (χ2n) is 11.9. The van der Waals surface area contributed by atoms with Crippen LogP contribution < -0.4 is 10.6 Å². The number of alkyl carbamates (subject to hydrolysis) is 1. The monoisotopic (exact) mass is 551 g/mol. The third kappa shape index (κ3) is 10.7. The Labute approximate surface area is 241 Å². The first-order valence-electron chi connectivity index (χ1n) is 14.5. The molecule has 0 aromatic heterocycles. The first-order valence-corrected chi connectivity index (χ1v) is 14.5. The molecule has 220 valence electrons. The van der Waals surface area contributed by atoms with E-state index in [4.69, 9.17) is 4.74 Å². The van der Waals surface area contributed by atoms with Crippen molar-refractivity contribution in [1.82, 2.24) is 15.5 Å². The molecule has 0 bridgehead atoms. The van der Waals surface area contributed by atoms with Crippen molar-refractivity contribution in [3.63, 3.8) is 0 Å². The minimum atomic E-state index is -0.913. The molecule has 0 radical (unpaired) electrons. The first kappa shape index (κ1) is 32.9. The number of rotatable bonds is 13. The van der Waals surface area contributed by atoms with E-state index in [2.05, 4.69) is 17.6 Å². The minimum Gasteiger partial charge on any atom is -0.444 e. The maximum Gasteiger partial charge on any atom is 0.408 e. The van der Waals surface area contributed by atoms with Gasteiger partial charge >= 0.3 is 6.09 Å². The minimum absolute atomic E-state index is 0.0985. The lowest BCUT2D eigenvalue weighted by atomic mass is 9.97. The molecule has 3 amide bonds. The third-order valence-corrected chi connectivity index (χ3v) is 6.65. The van der Waals surface area contributed by atoms with Gasteiger partial charge in [-0.15, -0.1) is 0 Å². The summed E-state index contributed by atoms with van der Waals surface area (Å²) in [6, 6.07) is 13.6. The van der Waals surface area contributed by atoms with Crippen molar-refractivity contribution in [1.29, 1.82) is 0 Å². The zero-order valence-electron chi connectivity index (χ0n) is 25.7. The van der Waals surface area contributed by atoms with Gasteiger partial charge in [0.25, 0.3) is 0 Å². The second-order valence-corrected chi connectivity index (χ2v) is 11.9. The summed E-state index contributed by atoms with van der Waals surface area (Å²) in [5, 5.41) is 5.85. The molecule has 0 saturated heterocycles. The second kappa shape index (κ2) is 15.4. The lowest BCUT2D eigenvalue weighted by Gasteiger charge is -2.35. The normalized spacial score (nSPS) is 12.9. The predicted octanol–water partition coefficient (Wildman–Crippen LogP) is 6.41. The quantitative estimate of drug-likeness (QED) is 0.282. The largest absolute Gasteiger partial charge is 0.444 e. The lowest BCUT2D eigenvalue weighted by molar-refractivity contribution is -0.142. The van der Waals surface area contributed by atoms with Crippen molar-refractivity contribution in [2.75, 3.05) is 6.54 Å². The summed E-state index contributed by atoms with van der Waals surface area (Å²) < 4.78 is 5.52. The average Bonchev–Trinajstić information content (AvgIpc) is 2.86. The molecule has 0 saturated carbocycles. The topological polar surface area (TPSA) is 87.7 Å². The number of nitrogens with one attached hydrogen (secondary N) is 2. The SMILES string of the molecule is CCCCCCN(C(=O)C(Cc1ccccc1)NC(=O)OC(C)(C)C)C(C(=O)NC(C)C)c1ccc(C)c(C)c1. The number of carbonyl (C=O) groups excluding carboxylic acids is 3. The number of benzene rings is 2. The summed E-state index contributed by atoms with van der Waals surface area (Å²) in [6.07, 6.45) is 3.39. The van der Waals surface area contributed by atoms with E-state index in [-0.39, 0.29) is 24.3 Å². The van der Waals surface area contributed by atoms with Gasteiger partial charge in [0, 0.05) is 19.0 Å². The Bertz CT molecular complexity index is 1110. The molecule has 2 aromatic rings. The van der Waals surface area contributed by atoms with Crippen LogP contribution in [0.4, 0.5) is 4.79 Å². The summed E-state index contributed by atoms with van der Waals surface area (Å²) >= 11 is 0. The first-order chi connectivity index (χ1) is 18.8. The summed E-state index contributed by atoms with van der Waals surface area (Å²) in [5.74, 6) is -0.550. The Kier molecular flexibility index (Phi) is 12.7. The molecular weight excluding hydrogens is 502 g/mol. The summed E-state index contributed by atoms with van der Waals surface area (Å²) in [7, 11) is 0. The molecule has 0 fully saturated rings. The van der Waals surface area contributed by atoms with Crippen LogP contribution in [0.2, 0.25) is 0 Å². The van der Waals surface area contributed by atoms with Crippen molar-refractivity contribution in [2.45, 2.75) is 111 Å². The van der Waals surface area contributed by atoms with E-state index in [1.165, 1.54) is 0 Å². The number of amides is 3. The lowest BCUT2D eigenvalue weighted by Crippen LogP contribution is -2.54. The van der Waals surface area contributed by atoms with Crippen LogP contribution in [-0.4, -0.2) is 47.0 Å². The molecule has 0 aliphatic heterocycles. The number of unbranched alkanes of at least 4 members (excludes halogenated alkanes) is 3. The van der Waals surface area contributed by atoms with Gasteiger partial charge in [-0.3, -0.25) is 9.59 Å². The van der Waals surface area contributed by atoms with Gasteiger partial charge in [0.15, 0.2) is 0 Å². The van der Waals surface area contributed by atoms with Gasteiger partial charge in [0.05, 0.1) is 0 Å². The Hall–Kier alpha value is -3.35. The van der Waals surface area contributed by atoms with Gasteiger partial charge in [-0.05, 0) is 77.1 Å². The molecular formula is C33H49N3O4. The molecule has 2 aromatic carbocycles. The van der Waals surface area contributed by atoms with Crippen molar-refractivity contribution >= 4 is 17.9 Å². The molecule has 0 spiro atoms. The van der Waals surface area contributed by atoms with Gasteiger partial charge in [-0.2, -0.15) is 0 Å². The van der Waals surface area contributed by atoms with E-state index in [1.54, 1.807) is 25.7 Å². The molecule has 7 heteroatoms. The van der Waals surface area contributed by atoms with E-state index < -0.39 is 23.8 Å². The van der Waals surface area contributed by atoms with E-state index in [0.29, 0.717) is 6.54 Å². The number of carbonyl (C=O) groups is 3. The van der Waals surface area contributed by atoms with Crippen LogP contribution in [0.15, 0.2) is 48.5 Å². The van der Waals surface area contributed by atoms with Gasteiger partial charge in [0.1, 0.15) is 17.7 Å². The van der Waals surface area contributed by atoms with Gasteiger partial charge in [0.2, 0.25) is 11.8 Å². The standard InChI is InChI=1S/C33H49N3O4/c1-9-10-11-15-20-36(29(30(37)34-23(2)3)27-19-18-24(4)25(5)21-27)31(38)28(22-26-16-13-12-14-17-26)35-32(39)40-33(6,7)8/h12-14,16-19,21,23,28-29H,9-11,15,20,22H2,1-8H3,(H,34,37)(H,35,39). The molecule has 0 aliphatic carbocycles. The Balaban J connectivity index is 2.57. The third-order valence-electron chi connectivity index (χ3n) is 6.65. The smallest absolute Gasteiger partial charge is 0.408 e. The number of hydrogen-bond acceptors (Lipinski definition) is 4. The Morgan fingerprint density at radius 3 is 2.15 bits per heavy atom. The fourth-order valence-corrected chi connectivity index (χ4v) is 4.55. The molecule has 40 heavy (non-hydrogen) atoms. The fourth-order valence-electron chi connectivity index (χ4n) is 4.55. The number of hydrogen-bond donors (Lipinski definition) is 2. The van der Waals surface area contributed by atoms with Crippen LogP contribution in [0.1, 0.15) is 95.5 Å². The number of nitrogens with zero attached hydrogens (tertiary/aromatic N) is 1. The van der Waals surface area contributed by atoms with Crippen LogP contribution >= 0.6 is 0 Å². The van der Waals surface area contributed by atoms with Crippen molar-refractivity contribution < 1.29 is 19.1 Å². The zero-order valence-corrected chi connectivity index (χ0v) is 25.7. The van der Waals surface area contributed by atoms with Gasteiger partial charge in [-0.1, -0.05) is 74.7 Å². The van der Waals surface area contributed by atoms with Crippen molar-refractivity contribution in [2.24, 2.45) is 0 Å². The van der Waals surface area contributed by atoms with E-state index in [0.717, 1.165) is 47.9 Å². The molecule has 2 N–H and O–H groups in total. The maximum absolute atomic E-state index is 14.4. The van der Waals surface area contributed by atoms with Crippen molar-refractivity contribution in [3.8, 4) is 0 Å². The highest BCUT2D eigenvalue weighted by molar-refractivity contribution is 5.92. The van der Waals surface area contributed by atoms with Crippen LogP contribution in [-0.2, 0) is 20.7 Å². The average molecular weight is 552 g/mol. The molecule has 2 unspecified atom stereocenters. The molecule has 2 rings (SSSR count). The number of ether oxygens (including phenoxy) is 1. The summed E-state index contributed by atoms with van der Waals surface area (Å²) in [6.45, 7) is 15.7. The fraction of sp³-hybridized carbons (Fsp3) is 0.545. The number of aryl methyl sites for hydroxylation is 2. The molecule has 0 heterocycles. The van der Waals surface area contributed by atoms with Crippen LogP contribution in [0, 0.1) is 13.8 Å². The van der Waals surface area contributed by atoms with Crippen LogP contribution in [0.3, 0.4) is 0 Å². The maximum atomic E-state index is 14.4. The molecule has 0 aliphatic rings. The van der Waals surface area contributed by atoms with Crippen LogP contribution in [0.25, 0.3) is 0 Å². The van der Waals surface area contributed by atoms with E-state index in [1.807, 2.05) is 76.2 Å². The highest BCUT2D eigenvalue weighted by Gasteiger charge is 2.36. The highest BCUT2D eigenvalue weighted by atomic mass is 16.6. The Morgan fingerprint density at radius 1 is 0.900 bits per heavy atom. The Morgan fingerprint density at radius 2 is 1.57 bits per heavy atom. The summed E-state index contributed by atoms with van der Waals surface area (Å²) in [4.78, 5) is 42.8. The van der Waals surface area contributed by atoms with Crippen molar-refractivity contribution in [3.05, 3.63) is 70.8 Å². The van der Waals surface area contributed by atoms with Gasteiger partial charge < -0.3 is 20.3 Å². The van der Waals surface area contributed by atoms with Crippen LogP contribution in [0.5, 0.6) is 0 Å². The van der Waals surface area contributed by atoms with Gasteiger partial charge in [-0.25, -0.2) is 4.79 Å². The molecule has 7 nitrogen and oxygen atoms in total. The highest BCUT2D eigenvalue weighted by Crippen LogP contribution is 2.26. The zero-order chi connectivity index (χ0) is 29.9. The molecule has 2 atom stereocenters. The van der Waals surface area contributed by atoms with E-state index in [9.17, 15) is 14.4 Å².